The van der Waals surface area contributed by atoms with Gasteiger partial charge >= 0.3 is 5.69 Å². The standard InChI is InChI=1S/C11H12N4O3S2/c16-15(17)9-2-1-8(10-11(9)14-18-13-10)12-5-7-6-19-3-4-20-7/h1-2,7,12H,3-6H2. The number of nitrogens with zero attached hydrogens (tertiary/aromatic N) is 3. The normalized spacial score (nSPS) is 19.1. The Bertz CT molecular complexity index is 627. The lowest BCUT2D eigenvalue weighted by atomic mass is 10.2. The third-order valence-corrected chi connectivity index (χ3v) is 5.84. The highest BCUT2D eigenvalue weighted by Crippen LogP contribution is 2.30. The van der Waals surface area contributed by atoms with E-state index in [1.165, 1.54) is 11.8 Å². The number of aromatic nitrogens is 2. The lowest BCUT2D eigenvalue weighted by Crippen LogP contribution is -2.23. The van der Waals surface area contributed by atoms with Gasteiger partial charge in [0.1, 0.15) is 0 Å². The minimum Gasteiger partial charge on any atom is -0.382 e. The Morgan fingerprint density at radius 1 is 1.40 bits per heavy atom. The highest BCUT2D eigenvalue weighted by Gasteiger charge is 2.20. The maximum Gasteiger partial charge on any atom is 0.300 e. The van der Waals surface area contributed by atoms with Crippen LogP contribution in [-0.4, -0.2) is 44.3 Å². The van der Waals surface area contributed by atoms with Crippen LogP contribution in [0.3, 0.4) is 0 Å². The number of nitrogens with one attached hydrogen (secondary N) is 1. The minimum atomic E-state index is -0.482. The number of rotatable bonds is 4. The molecule has 1 N–H and O–H groups in total. The molecular weight excluding hydrogens is 300 g/mol. The zero-order valence-electron chi connectivity index (χ0n) is 10.4. The minimum absolute atomic E-state index is 0.0885. The first-order valence-electron chi connectivity index (χ1n) is 6.08. The molecule has 0 aliphatic carbocycles. The van der Waals surface area contributed by atoms with Crippen LogP contribution in [0.4, 0.5) is 11.4 Å². The fraction of sp³-hybridized carbons (Fsp3) is 0.455. The van der Waals surface area contributed by atoms with E-state index in [0.717, 1.165) is 23.7 Å². The van der Waals surface area contributed by atoms with Crippen molar-refractivity contribution in [1.29, 1.82) is 0 Å². The molecule has 1 atom stereocenters. The number of hydrogen-bond acceptors (Lipinski definition) is 8. The zero-order valence-corrected chi connectivity index (χ0v) is 12.1. The van der Waals surface area contributed by atoms with Crippen LogP contribution in [0.1, 0.15) is 0 Å². The molecule has 0 bridgehead atoms. The van der Waals surface area contributed by atoms with Gasteiger partial charge in [0.05, 0.1) is 10.6 Å². The van der Waals surface area contributed by atoms with Crippen LogP contribution in [0.2, 0.25) is 0 Å². The molecule has 1 aliphatic rings. The number of nitro benzene ring substituents is 1. The summed E-state index contributed by atoms with van der Waals surface area (Å²) in [5, 5.41) is 22.1. The SMILES string of the molecule is O=[N+]([O-])c1ccc(NCC2CSCCS2)c2nonc12. The molecule has 7 nitrogen and oxygen atoms in total. The first-order valence-corrected chi connectivity index (χ1v) is 8.29. The van der Waals surface area contributed by atoms with Gasteiger partial charge in [0, 0.05) is 35.1 Å². The van der Waals surface area contributed by atoms with Gasteiger partial charge in [-0.2, -0.15) is 23.5 Å². The molecule has 106 valence electrons. The van der Waals surface area contributed by atoms with Crippen molar-refractivity contribution in [2.24, 2.45) is 0 Å². The summed E-state index contributed by atoms with van der Waals surface area (Å²) < 4.78 is 4.63. The van der Waals surface area contributed by atoms with Gasteiger partial charge in [-0.15, -0.1) is 0 Å². The zero-order chi connectivity index (χ0) is 13.9. The van der Waals surface area contributed by atoms with Gasteiger partial charge in [-0.25, -0.2) is 4.63 Å². The summed E-state index contributed by atoms with van der Waals surface area (Å²) in [7, 11) is 0. The smallest absolute Gasteiger partial charge is 0.300 e. The summed E-state index contributed by atoms with van der Waals surface area (Å²) in [4.78, 5) is 10.4. The summed E-state index contributed by atoms with van der Waals surface area (Å²) in [6, 6.07) is 3.09. The predicted octanol–water partition coefficient (Wildman–Crippen LogP) is 2.39. The van der Waals surface area contributed by atoms with Gasteiger partial charge in [-0.05, 0) is 16.4 Å². The van der Waals surface area contributed by atoms with E-state index in [1.54, 1.807) is 6.07 Å². The number of nitro groups is 1. The topological polar surface area (TPSA) is 94.1 Å². The van der Waals surface area contributed by atoms with E-state index in [2.05, 4.69) is 20.3 Å². The molecule has 1 saturated heterocycles. The van der Waals surface area contributed by atoms with E-state index in [4.69, 9.17) is 0 Å². The molecule has 1 aromatic heterocycles. The van der Waals surface area contributed by atoms with Crippen LogP contribution in [0, 0.1) is 10.1 Å². The molecule has 1 aromatic carbocycles. The van der Waals surface area contributed by atoms with Gasteiger partial charge in [0.2, 0.25) is 5.52 Å². The Morgan fingerprint density at radius 3 is 3.00 bits per heavy atom. The molecule has 20 heavy (non-hydrogen) atoms. The number of benzene rings is 1. The van der Waals surface area contributed by atoms with Gasteiger partial charge in [-0.3, -0.25) is 10.1 Å². The molecule has 0 saturated carbocycles. The lowest BCUT2D eigenvalue weighted by Gasteiger charge is -2.21. The van der Waals surface area contributed by atoms with Crippen LogP contribution >= 0.6 is 23.5 Å². The average Bonchev–Trinajstić information content (AvgIpc) is 2.95. The quantitative estimate of drug-likeness (QED) is 0.679. The van der Waals surface area contributed by atoms with E-state index in [1.807, 2.05) is 23.5 Å². The third kappa shape index (κ3) is 2.68. The van der Waals surface area contributed by atoms with Crippen LogP contribution < -0.4 is 5.32 Å². The Hall–Kier alpha value is -1.48. The maximum atomic E-state index is 10.9. The molecule has 0 spiro atoms. The summed E-state index contributed by atoms with van der Waals surface area (Å²) in [5.74, 6) is 3.49. The summed E-state index contributed by atoms with van der Waals surface area (Å²) >= 11 is 3.90. The first kappa shape index (κ1) is 13.5. The van der Waals surface area contributed by atoms with Crippen LogP contribution in [0.25, 0.3) is 11.0 Å². The van der Waals surface area contributed by atoms with Gasteiger partial charge in [0.25, 0.3) is 0 Å². The molecular formula is C11H12N4O3S2. The van der Waals surface area contributed by atoms with E-state index < -0.39 is 4.92 Å². The number of hydrogen-bond donors (Lipinski definition) is 1. The lowest BCUT2D eigenvalue weighted by molar-refractivity contribution is -0.383. The van der Waals surface area contributed by atoms with Crippen LogP contribution in [-0.2, 0) is 0 Å². The van der Waals surface area contributed by atoms with E-state index in [9.17, 15) is 10.1 Å². The van der Waals surface area contributed by atoms with Crippen molar-refractivity contribution in [2.75, 3.05) is 29.1 Å². The van der Waals surface area contributed by atoms with Gasteiger partial charge in [-0.1, -0.05) is 0 Å². The Labute approximate surface area is 123 Å². The highest BCUT2D eigenvalue weighted by atomic mass is 32.2. The number of fused-ring (bicyclic) bond motifs is 1. The van der Waals surface area contributed by atoms with Gasteiger partial charge in [0.15, 0.2) is 5.52 Å². The van der Waals surface area contributed by atoms with Crippen molar-refractivity contribution >= 4 is 45.9 Å². The van der Waals surface area contributed by atoms with Crippen molar-refractivity contribution in [1.82, 2.24) is 10.3 Å². The molecule has 1 unspecified atom stereocenters. The van der Waals surface area contributed by atoms with Crippen LogP contribution in [0.5, 0.6) is 0 Å². The Morgan fingerprint density at radius 2 is 2.25 bits per heavy atom. The molecule has 3 rings (SSSR count). The van der Waals surface area contributed by atoms with E-state index >= 15 is 0 Å². The van der Waals surface area contributed by atoms with Crippen LogP contribution in [0.15, 0.2) is 16.8 Å². The monoisotopic (exact) mass is 312 g/mol. The number of non-ortho nitro benzene ring substituents is 1. The predicted molar refractivity (Wildman–Crippen MR) is 80.5 cm³/mol. The van der Waals surface area contributed by atoms with E-state index in [-0.39, 0.29) is 11.2 Å². The second-order valence-corrected chi connectivity index (χ2v) is 6.86. The molecule has 2 heterocycles. The van der Waals surface area contributed by atoms with Crippen molar-refractivity contribution in [2.45, 2.75) is 5.25 Å². The fourth-order valence-electron chi connectivity index (χ4n) is 2.02. The van der Waals surface area contributed by atoms with Crippen molar-refractivity contribution in [3.8, 4) is 0 Å². The fourth-order valence-corrected chi connectivity index (χ4v) is 4.63. The first-order chi connectivity index (χ1) is 9.75. The maximum absolute atomic E-state index is 10.9. The van der Waals surface area contributed by atoms with E-state index in [0.29, 0.717) is 10.8 Å². The summed E-state index contributed by atoms with van der Waals surface area (Å²) in [6.45, 7) is 0.803. The number of thioether (sulfide) groups is 2. The summed E-state index contributed by atoms with van der Waals surface area (Å²) in [5.41, 5.74) is 1.23. The largest absolute Gasteiger partial charge is 0.382 e. The molecule has 9 heteroatoms. The molecule has 1 fully saturated rings. The highest BCUT2D eigenvalue weighted by molar-refractivity contribution is 8.06. The van der Waals surface area contributed by atoms with Crippen molar-refractivity contribution in [3.05, 3.63) is 22.2 Å². The Kier molecular flexibility index (Phi) is 3.97. The second-order valence-electron chi connectivity index (χ2n) is 4.30. The second kappa shape index (κ2) is 5.88. The average molecular weight is 312 g/mol. The van der Waals surface area contributed by atoms with Gasteiger partial charge < -0.3 is 5.32 Å². The molecule has 0 radical (unpaired) electrons. The Balaban J connectivity index is 1.79. The van der Waals surface area contributed by atoms with Crippen molar-refractivity contribution < 1.29 is 9.55 Å². The molecule has 2 aromatic rings. The third-order valence-electron chi connectivity index (χ3n) is 3.00. The summed E-state index contributed by atoms with van der Waals surface area (Å²) in [6.07, 6.45) is 0. The molecule has 1 aliphatic heterocycles. The van der Waals surface area contributed by atoms with Crippen molar-refractivity contribution in [3.63, 3.8) is 0 Å². The molecule has 0 amide bonds. The number of anilines is 1.